The highest BCUT2D eigenvalue weighted by Crippen LogP contribution is 2.18. The molecule has 0 amide bonds. The summed E-state index contributed by atoms with van der Waals surface area (Å²) >= 11 is 0. The van der Waals surface area contributed by atoms with Gasteiger partial charge in [0.15, 0.2) is 0 Å². The van der Waals surface area contributed by atoms with Gasteiger partial charge in [-0.25, -0.2) is 0 Å². The van der Waals surface area contributed by atoms with Crippen LogP contribution in [0.5, 0.6) is 0 Å². The van der Waals surface area contributed by atoms with Crippen LogP contribution >= 0.6 is 0 Å². The molecule has 0 rings (SSSR count). The summed E-state index contributed by atoms with van der Waals surface area (Å²) in [6.45, 7) is 0. The standard InChI is InChI=1S/C17H30O6/c1-23-17(22)14(12-13-16(20)21)10-8-6-4-2-3-5-7-9-11-15(18)19/h14H,2-13H2,1H3,(H,18,19)(H,20,21). The van der Waals surface area contributed by atoms with Crippen molar-refractivity contribution >= 4 is 17.9 Å². The third kappa shape index (κ3) is 13.8. The van der Waals surface area contributed by atoms with Gasteiger partial charge in [-0.3, -0.25) is 14.4 Å². The highest BCUT2D eigenvalue weighted by atomic mass is 16.5. The Morgan fingerprint density at radius 2 is 1.22 bits per heavy atom. The van der Waals surface area contributed by atoms with E-state index in [1.165, 1.54) is 7.11 Å². The Kier molecular flexibility index (Phi) is 13.1. The lowest BCUT2D eigenvalue weighted by Gasteiger charge is -2.13. The van der Waals surface area contributed by atoms with E-state index in [0.717, 1.165) is 51.4 Å². The van der Waals surface area contributed by atoms with E-state index in [4.69, 9.17) is 14.9 Å². The summed E-state index contributed by atoms with van der Waals surface area (Å²) in [5.41, 5.74) is 0. The second-order valence-corrected chi connectivity index (χ2v) is 5.91. The van der Waals surface area contributed by atoms with Crippen molar-refractivity contribution in [3.63, 3.8) is 0 Å². The third-order valence-corrected chi connectivity index (χ3v) is 3.93. The number of hydrogen-bond acceptors (Lipinski definition) is 4. The van der Waals surface area contributed by atoms with Gasteiger partial charge in [0.25, 0.3) is 0 Å². The third-order valence-electron chi connectivity index (χ3n) is 3.93. The molecule has 0 aromatic rings. The van der Waals surface area contributed by atoms with Gasteiger partial charge in [-0.05, 0) is 19.3 Å². The number of esters is 1. The molecule has 23 heavy (non-hydrogen) atoms. The quantitative estimate of drug-likeness (QED) is 0.351. The van der Waals surface area contributed by atoms with Gasteiger partial charge in [0.1, 0.15) is 0 Å². The van der Waals surface area contributed by atoms with Crippen LogP contribution in [0.15, 0.2) is 0 Å². The Hall–Kier alpha value is -1.59. The van der Waals surface area contributed by atoms with Crippen molar-refractivity contribution in [3.8, 4) is 0 Å². The first kappa shape index (κ1) is 21.4. The zero-order valence-corrected chi connectivity index (χ0v) is 14.1. The smallest absolute Gasteiger partial charge is 0.308 e. The molecule has 6 nitrogen and oxygen atoms in total. The molecule has 2 N–H and O–H groups in total. The molecule has 6 heteroatoms. The van der Waals surface area contributed by atoms with Crippen molar-refractivity contribution < 1.29 is 29.3 Å². The first-order valence-electron chi connectivity index (χ1n) is 8.48. The number of ether oxygens (including phenoxy) is 1. The van der Waals surface area contributed by atoms with Crippen molar-refractivity contribution in [1.29, 1.82) is 0 Å². The van der Waals surface area contributed by atoms with E-state index >= 15 is 0 Å². The molecule has 134 valence electrons. The predicted octanol–water partition coefficient (Wildman–Crippen LogP) is 3.63. The van der Waals surface area contributed by atoms with Gasteiger partial charge in [-0.15, -0.1) is 0 Å². The molecule has 0 saturated carbocycles. The summed E-state index contributed by atoms with van der Waals surface area (Å²) in [6.07, 6.45) is 9.29. The molecule has 0 radical (unpaired) electrons. The molecule has 0 aliphatic heterocycles. The number of carbonyl (C=O) groups excluding carboxylic acids is 1. The second-order valence-electron chi connectivity index (χ2n) is 5.91. The number of carboxylic acids is 2. The molecule has 0 aliphatic carbocycles. The number of carboxylic acid groups (broad SMARTS) is 2. The van der Waals surface area contributed by atoms with Crippen molar-refractivity contribution in [3.05, 3.63) is 0 Å². The first-order chi connectivity index (χ1) is 11.0. The van der Waals surface area contributed by atoms with Gasteiger partial charge in [0, 0.05) is 12.8 Å². The highest BCUT2D eigenvalue weighted by Gasteiger charge is 2.19. The van der Waals surface area contributed by atoms with Crippen LogP contribution in [0.1, 0.15) is 77.0 Å². The summed E-state index contributed by atoms with van der Waals surface area (Å²) in [6, 6.07) is 0. The number of rotatable bonds is 15. The van der Waals surface area contributed by atoms with Gasteiger partial charge in [-0.2, -0.15) is 0 Å². The normalized spacial score (nSPS) is 11.9. The molecule has 1 unspecified atom stereocenters. The average Bonchev–Trinajstić information content (AvgIpc) is 2.50. The molecule has 0 aromatic heterocycles. The van der Waals surface area contributed by atoms with Crippen molar-refractivity contribution in [2.45, 2.75) is 77.0 Å². The minimum absolute atomic E-state index is 0.00386. The number of hydrogen-bond donors (Lipinski definition) is 2. The van der Waals surface area contributed by atoms with Gasteiger partial charge in [0.05, 0.1) is 13.0 Å². The van der Waals surface area contributed by atoms with E-state index in [1.807, 2.05) is 0 Å². The van der Waals surface area contributed by atoms with Crippen molar-refractivity contribution in [1.82, 2.24) is 0 Å². The summed E-state index contributed by atoms with van der Waals surface area (Å²) in [4.78, 5) is 32.5. The molecular weight excluding hydrogens is 300 g/mol. The number of unbranched alkanes of at least 4 members (excludes halogenated alkanes) is 7. The fraction of sp³-hybridized carbons (Fsp3) is 0.824. The lowest BCUT2D eigenvalue weighted by atomic mass is 9.95. The lowest BCUT2D eigenvalue weighted by Crippen LogP contribution is -2.17. The predicted molar refractivity (Wildman–Crippen MR) is 86.2 cm³/mol. The average molecular weight is 330 g/mol. The SMILES string of the molecule is COC(=O)C(CCCCCCCCCCC(=O)O)CCC(=O)O. The summed E-state index contributed by atoms with van der Waals surface area (Å²) in [5, 5.41) is 17.2. The van der Waals surface area contributed by atoms with Crippen molar-refractivity contribution in [2.24, 2.45) is 5.92 Å². The molecule has 0 heterocycles. The van der Waals surface area contributed by atoms with E-state index in [0.29, 0.717) is 12.8 Å². The topological polar surface area (TPSA) is 101 Å². The lowest BCUT2D eigenvalue weighted by molar-refractivity contribution is -0.146. The van der Waals surface area contributed by atoms with Gasteiger partial charge in [-0.1, -0.05) is 44.9 Å². The van der Waals surface area contributed by atoms with Gasteiger partial charge < -0.3 is 14.9 Å². The van der Waals surface area contributed by atoms with Crippen LogP contribution < -0.4 is 0 Å². The molecular formula is C17H30O6. The van der Waals surface area contributed by atoms with Crippen LogP contribution in [0.3, 0.4) is 0 Å². The Balaban J connectivity index is 3.60. The van der Waals surface area contributed by atoms with E-state index in [-0.39, 0.29) is 24.7 Å². The van der Waals surface area contributed by atoms with Crippen LogP contribution in [0.4, 0.5) is 0 Å². The van der Waals surface area contributed by atoms with E-state index in [9.17, 15) is 14.4 Å². The maximum Gasteiger partial charge on any atom is 0.308 e. The Morgan fingerprint density at radius 3 is 1.70 bits per heavy atom. The van der Waals surface area contributed by atoms with Crippen LogP contribution in [0.25, 0.3) is 0 Å². The Morgan fingerprint density at radius 1 is 0.739 bits per heavy atom. The molecule has 1 atom stereocenters. The van der Waals surface area contributed by atoms with Gasteiger partial charge in [0.2, 0.25) is 0 Å². The summed E-state index contributed by atoms with van der Waals surface area (Å²) < 4.78 is 4.72. The molecule has 0 spiro atoms. The van der Waals surface area contributed by atoms with Gasteiger partial charge >= 0.3 is 17.9 Å². The molecule has 0 fully saturated rings. The first-order valence-corrected chi connectivity index (χ1v) is 8.48. The Bertz CT molecular complexity index is 353. The zero-order chi connectivity index (χ0) is 17.5. The number of carbonyl (C=O) groups is 3. The molecule has 0 bridgehead atoms. The zero-order valence-electron chi connectivity index (χ0n) is 14.1. The maximum absolute atomic E-state index is 11.6. The number of methoxy groups -OCH3 is 1. The van der Waals surface area contributed by atoms with Crippen molar-refractivity contribution in [2.75, 3.05) is 7.11 Å². The van der Waals surface area contributed by atoms with Crippen LogP contribution in [-0.2, 0) is 19.1 Å². The fourth-order valence-corrected chi connectivity index (χ4v) is 2.57. The maximum atomic E-state index is 11.6. The minimum atomic E-state index is -0.887. The molecule has 0 saturated heterocycles. The summed E-state index contributed by atoms with van der Waals surface area (Å²) in [7, 11) is 1.33. The Labute approximate surface area is 138 Å². The van der Waals surface area contributed by atoms with Crippen LogP contribution in [0.2, 0.25) is 0 Å². The minimum Gasteiger partial charge on any atom is -0.481 e. The van der Waals surface area contributed by atoms with Crippen LogP contribution in [0, 0.1) is 5.92 Å². The van der Waals surface area contributed by atoms with E-state index < -0.39 is 11.9 Å². The fourth-order valence-electron chi connectivity index (χ4n) is 2.57. The summed E-state index contributed by atoms with van der Waals surface area (Å²) in [5.74, 6) is -2.24. The number of aliphatic carboxylic acids is 2. The molecule has 0 aliphatic rings. The van der Waals surface area contributed by atoms with E-state index in [1.54, 1.807) is 0 Å². The second kappa shape index (κ2) is 14.0. The molecule has 0 aromatic carbocycles. The monoisotopic (exact) mass is 330 g/mol. The highest BCUT2D eigenvalue weighted by molar-refractivity contribution is 5.73. The van der Waals surface area contributed by atoms with E-state index in [2.05, 4.69) is 0 Å². The largest absolute Gasteiger partial charge is 0.481 e. The van der Waals surface area contributed by atoms with Crippen LogP contribution in [-0.4, -0.2) is 35.2 Å².